The Balaban J connectivity index is 1.93. The number of halogens is 1. The molecule has 0 fully saturated rings. The van der Waals surface area contributed by atoms with E-state index in [2.05, 4.69) is 10.9 Å². The maximum absolute atomic E-state index is 6.35. The van der Waals surface area contributed by atoms with Gasteiger partial charge in [-0.25, -0.2) is 4.98 Å². The first-order chi connectivity index (χ1) is 14.6. The third-order valence-corrected chi connectivity index (χ3v) is 5.16. The molecule has 0 atom stereocenters. The molecule has 5 nitrogen and oxygen atoms in total. The second-order valence-corrected chi connectivity index (χ2v) is 6.95. The standard InChI is InChI=1S/C24H19ClN2O3/c1-5-24-26-21-8-6-15(16-10-18(28-2)14-19(11-16)29-3)12-22(21)27(24)17-7-9-23(30-4)20(25)13-17/h1,6-14H,2-4H3. The normalized spacial score (nSPS) is 10.6. The summed E-state index contributed by atoms with van der Waals surface area (Å²) in [5.74, 6) is 5.18. The zero-order chi connectivity index (χ0) is 21.3. The Morgan fingerprint density at radius 2 is 1.60 bits per heavy atom. The summed E-state index contributed by atoms with van der Waals surface area (Å²) in [6, 6.07) is 17.2. The Bertz CT molecular complexity index is 1270. The summed E-state index contributed by atoms with van der Waals surface area (Å²) in [7, 11) is 4.84. The second-order valence-electron chi connectivity index (χ2n) is 6.54. The van der Waals surface area contributed by atoms with E-state index in [1.807, 2.05) is 53.1 Å². The fourth-order valence-electron chi connectivity index (χ4n) is 3.38. The monoisotopic (exact) mass is 418 g/mol. The highest BCUT2D eigenvalue weighted by atomic mass is 35.5. The van der Waals surface area contributed by atoms with Crippen molar-refractivity contribution in [2.24, 2.45) is 0 Å². The van der Waals surface area contributed by atoms with Crippen LogP contribution in [0.3, 0.4) is 0 Å². The SMILES string of the molecule is C#Cc1nc2ccc(-c3cc(OC)cc(OC)c3)cc2n1-c1ccc(OC)c(Cl)c1. The molecule has 0 bridgehead atoms. The van der Waals surface area contributed by atoms with Gasteiger partial charge in [0.15, 0.2) is 5.82 Å². The number of hydrogen-bond donors (Lipinski definition) is 0. The van der Waals surface area contributed by atoms with E-state index in [1.165, 1.54) is 0 Å². The maximum Gasteiger partial charge on any atom is 0.190 e. The van der Waals surface area contributed by atoms with Crippen molar-refractivity contribution in [2.45, 2.75) is 0 Å². The van der Waals surface area contributed by atoms with Gasteiger partial charge in [0.05, 0.1) is 43.1 Å². The number of methoxy groups -OCH3 is 3. The van der Waals surface area contributed by atoms with Crippen molar-refractivity contribution in [3.8, 4) is 46.4 Å². The van der Waals surface area contributed by atoms with E-state index in [1.54, 1.807) is 27.4 Å². The van der Waals surface area contributed by atoms with Crippen molar-refractivity contribution in [1.29, 1.82) is 0 Å². The van der Waals surface area contributed by atoms with Crippen molar-refractivity contribution < 1.29 is 14.2 Å². The van der Waals surface area contributed by atoms with Crippen molar-refractivity contribution in [3.63, 3.8) is 0 Å². The highest BCUT2D eigenvalue weighted by Crippen LogP contribution is 2.34. The van der Waals surface area contributed by atoms with E-state index in [0.29, 0.717) is 28.1 Å². The first-order valence-corrected chi connectivity index (χ1v) is 9.52. The molecule has 3 aromatic carbocycles. The molecular formula is C24H19ClN2O3. The second kappa shape index (κ2) is 8.02. The van der Waals surface area contributed by atoms with Crippen LogP contribution in [0.25, 0.3) is 27.8 Å². The number of aromatic nitrogens is 2. The summed E-state index contributed by atoms with van der Waals surface area (Å²) in [5, 5.41) is 0.494. The molecule has 0 aliphatic heterocycles. The summed E-state index contributed by atoms with van der Waals surface area (Å²) in [6.45, 7) is 0. The van der Waals surface area contributed by atoms with Gasteiger partial charge in [-0.15, -0.1) is 6.42 Å². The number of fused-ring (bicyclic) bond motifs is 1. The van der Waals surface area contributed by atoms with Gasteiger partial charge < -0.3 is 14.2 Å². The van der Waals surface area contributed by atoms with Crippen LogP contribution >= 0.6 is 11.6 Å². The van der Waals surface area contributed by atoms with Crippen molar-refractivity contribution in [3.05, 3.63) is 65.4 Å². The lowest BCUT2D eigenvalue weighted by atomic mass is 10.0. The summed E-state index contributed by atoms with van der Waals surface area (Å²) in [5.41, 5.74) is 4.38. The molecule has 0 unspecified atom stereocenters. The van der Waals surface area contributed by atoms with Gasteiger partial charge >= 0.3 is 0 Å². The van der Waals surface area contributed by atoms with Crippen molar-refractivity contribution in [1.82, 2.24) is 9.55 Å². The van der Waals surface area contributed by atoms with Crippen molar-refractivity contribution in [2.75, 3.05) is 21.3 Å². The van der Waals surface area contributed by atoms with Gasteiger partial charge in [0.1, 0.15) is 17.2 Å². The average molecular weight is 419 g/mol. The molecule has 1 heterocycles. The van der Waals surface area contributed by atoms with Gasteiger partial charge in [-0.2, -0.15) is 0 Å². The summed E-state index contributed by atoms with van der Waals surface area (Å²) < 4.78 is 18.0. The predicted molar refractivity (Wildman–Crippen MR) is 119 cm³/mol. The molecule has 6 heteroatoms. The van der Waals surface area contributed by atoms with Gasteiger partial charge in [0.2, 0.25) is 0 Å². The molecule has 4 aromatic rings. The molecule has 0 spiro atoms. The number of ether oxygens (including phenoxy) is 3. The number of terminal acetylenes is 1. The number of imidazole rings is 1. The van der Waals surface area contributed by atoms with Crippen LogP contribution in [-0.2, 0) is 0 Å². The van der Waals surface area contributed by atoms with E-state index in [4.69, 9.17) is 32.2 Å². The highest BCUT2D eigenvalue weighted by molar-refractivity contribution is 6.32. The van der Waals surface area contributed by atoms with E-state index >= 15 is 0 Å². The topological polar surface area (TPSA) is 45.5 Å². The molecule has 0 amide bonds. The number of hydrogen-bond acceptors (Lipinski definition) is 4. The minimum atomic E-state index is 0.492. The average Bonchev–Trinajstić information content (AvgIpc) is 3.16. The third-order valence-electron chi connectivity index (χ3n) is 4.86. The molecule has 0 N–H and O–H groups in total. The molecule has 0 saturated heterocycles. The lowest BCUT2D eigenvalue weighted by molar-refractivity contribution is 0.394. The molecular weight excluding hydrogens is 400 g/mol. The number of rotatable bonds is 5. The van der Waals surface area contributed by atoms with Gasteiger partial charge in [-0.05, 0) is 59.5 Å². The molecule has 4 rings (SSSR count). The molecule has 0 aliphatic rings. The number of nitrogens with zero attached hydrogens (tertiary/aromatic N) is 2. The van der Waals surface area contributed by atoms with E-state index < -0.39 is 0 Å². The molecule has 0 saturated carbocycles. The van der Waals surface area contributed by atoms with Crippen molar-refractivity contribution >= 4 is 22.6 Å². The van der Waals surface area contributed by atoms with E-state index in [-0.39, 0.29) is 0 Å². The Labute approximate surface area is 179 Å². The zero-order valence-corrected chi connectivity index (χ0v) is 17.5. The summed E-state index contributed by atoms with van der Waals surface area (Å²) in [4.78, 5) is 4.59. The van der Waals surface area contributed by atoms with Crippen LogP contribution in [0, 0.1) is 12.3 Å². The van der Waals surface area contributed by atoms with E-state index in [0.717, 1.165) is 27.8 Å². The minimum Gasteiger partial charge on any atom is -0.497 e. The molecule has 30 heavy (non-hydrogen) atoms. The Kier molecular flexibility index (Phi) is 5.26. The van der Waals surface area contributed by atoms with Crippen LogP contribution in [0.4, 0.5) is 0 Å². The molecule has 0 aliphatic carbocycles. The van der Waals surface area contributed by atoms with Crippen LogP contribution in [-0.4, -0.2) is 30.9 Å². The van der Waals surface area contributed by atoms with Crippen LogP contribution in [0.1, 0.15) is 5.82 Å². The maximum atomic E-state index is 6.35. The fraction of sp³-hybridized carbons (Fsp3) is 0.125. The van der Waals surface area contributed by atoms with Crippen LogP contribution in [0.2, 0.25) is 5.02 Å². The lowest BCUT2D eigenvalue weighted by Gasteiger charge is -2.11. The first kappa shape index (κ1) is 19.7. The van der Waals surface area contributed by atoms with Crippen LogP contribution in [0.5, 0.6) is 17.2 Å². The summed E-state index contributed by atoms with van der Waals surface area (Å²) in [6.07, 6.45) is 5.75. The van der Waals surface area contributed by atoms with Gasteiger partial charge in [0.25, 0.3) is 0 Å². The minimum absolute atomic E-state index is 0.492. The van der Waals surface area contributed by atoms with Crippen LogP contribution in [0.15, 0.2) is 54.6 Å². The third kappa shape index (κ3) is 3.42. The number of benzene rings is 3. The van der Waals surface area contributed by atoms with Gasteiger partial charge in [-0.3, -0.25) is 4.57 Å². The quantitative estimate of drug-likeness (QED) is 0.410. The molecule has 0 radical (unpaired) electrons. The highest BCUT2D eigenvalue weighted by Gasteiger charge is 2.14. The van der Waals surface area contributed by atoms with E-state index in [9.17, 15) is 0 Å². The Hall–Kier alpha value is -3.62. The Morgan fingerprint density at radius 1 is 0.867 bits per heavy atom. The smallest absolute Gasteiger partial charge is 0.190 e. The summed E-state index contributed by atoms with van der Waals surface area (Å²) >= 11 is 6.35. The fourth-order valence-corrected chi connectivity index (χ4v) is 3.63. The van der Waals surface area contributed by atoms with Gasteiger partial charge in [0, 0.05) is 6.07 Å². The lowest BCUT2D eigenvalue weighted by Crippen LogP contribution is -1.98. The van der Waals surface area contributed by atoms with Crippen LogP contribution < -0.4 is 14.2 Å². The zero-order valence-electron chi connectivity index (χ0n) is 16.8. The molecule has 1 aromatic heterocycles. The largest absolute Gasteiger partial charge is 0.497 e. The Morgan fingerprint density at radius 3 is 2.20 bits per heavy atom. The predicted octanol–water partition coefficient (Wildman–Crippen LogP) is 5.35. The molecule has 150 valence electrons. The van der Waals surface area contributed by atoms with Gasteiger partial charge in [-0.1, -0.05) is 17.7 Å². The first-order valence-electron chi connectivity index (χ1n) is 9.14.